The zero-order valence-electron chi connectivity index (χ0n) is 21.2. The van der Waals surface area contributed by atoms with Gasteiger partial charge < -0.3 is 19.1 Å². The van der Waals surface area contributed by atoms with Gasteiger partial charge >= 0.3 is 0 Å². The number of aryl methyl sites for hydroxylation is 1. The Hall–Kier alpha value is -3.91. The Bertz CT molecular complexity index is 1420. The summed E-state index contributed by atoms with van der Waals surface area (Å²) < 4.78 is 7.96. The van der Waals surface area contributed by atoms with Gasteiger partial charge in [-0.2, -0.15) is 0 Å². The third kappa shape index (κ3) is 5.15. The van der Waals surface area contributed by atoms with Gasteiger partial charge in [0.2, 0.25) is 5.91 Å². The number of furan rings is 1. The van der Waals surface area contributed by atoms with Crippen molar-refractivity contribution >= 4 is 28.1 Å². The molecule has 0 aliphatic carbocycles. The summed E-state index contributed by atoms with van der Waals surface area (Å²) in [6.45, 7) is 6.17. The predicted octanol–water partition coefficient (Wildman–Crippen LogP) is 4.15. The number of hydrogen-bond acceptors (Lipinski definition) is 6. The van der Waals surface area contributed by atoms with Gasteiger partial charge in [0.15, 0.2) is 0 Å². The molecule has 37 heavy (non-hydrogen) atoms. The van der Waals surface area contributed by atoms with Crippen LogP contribution in [0.4, 0.5) is 5.69 Å². The topological polar surface area (TPSA) is 70.6 Å². The fourth-order valence-electron chi connectivity index (χ4n) is 5.19. The van der Waals surface area contributed by atoms with Crippen molar-refractivity contribution in [2.75, 3.05) is 51.2 Å². The Morgan fingerprint density at radius 3 is 2.73 bits per heavy atom. The molecule has 0 saturated carbocycles. The van der Waals surface area contributed by atoms with Crippen LogP contribution in [0.15, 0.2) is 71.4 Å². The number of fused-ring (bicyclic) bond motifs is 1. The van der Waals surface area contributed by atoms with E-state index in [2.05, 4.69) is 75.7 Å². The molecule has 190 valence electrons. The highest BCUT2D eigenvalue weighted by Gasteiger charge is 2.20. The normalized spacial score (nSPS) is 16.8. The molecular weight excluding hydrogens is 464 g/mol. The lowest BCUT2D eigenvalue weighted by Crippen LogP contribution is -2.44. The summed E-state index contributed by atoms with van der Waals surface area (Å²) in [5, 5.41) is 8.83. The van der Waals surface area contributed by atoms with Crippen molar-refractivity contribution in [2.24, 2.45) is 0 Å². The molecule has 2 aromatic carbocycles. The van der Waals surface area contributed by atoms with E-state index in [0.717, 1.165) is 67.0 Å². The lowest BCUT2D eigenvalue weighted by molar-refractivity contribution is -0.131. The van der Waals surface area contributed by atoms with E-state index in [4.69, 9.17) is 4.42 Å². The van der Waals surface area contributed by atoms with Crippen LogP contribution in [0.25, 0.3) is 27.9 Å². The first-order chi connectivity index (χ1) is 18.1. The van der Waals surface area contributed by atoms with Gasteiger partial charge in [-0.05, 0) is 54.9 Å². The summed E-state index contributed by atoms with van der Waals surface area (Å²) in [5.41, 5.74) is 5.53. The second-order valence-electron chi connectivity index (χ2n) is 9.95. The standard InChI is InChI=1S/C29H32N6O2/c1-32-14-16-33(17-15-32)26-6-2-4-23(19-26)28-20-25-18-22(7-8-27(25)37-28)24-5-3-11-34(21-24)29(36)9-12-35-13-10-30-31-35/h2,4-8,10,13,18-20H,3,9,11-12,14-17,21H2,1H3. The van der Waals surface area contributed by atoms with E-state index in [1.807, 2.05) is 11.0 Å². The molecule has 4 heterocycles. The summed E-state index contributed by atoms with van der Waals surface area (Å²) in [6.07, 6.45) is 6.95. The van der Waals surface area contributed by atoms with E-state index in [1.54, 1.807) is 17.1 Å². The van der Waals surface area contributed by atoms with Gasteiger partial charge in [0, 0.05) is 68.5 Å². The number of nitrogens with zero attached hydrogens (tertiary/aromatic N) is 6. The average Bonchev–Trinajstić information content (AvgIpc) is 3.62. The molecule has 0 bridgehead atoms. The molecule has 1 amide bonds. The molecule has 1 fully saturated rings. The van der Waals surface area contributed by atoms with Crippen LogP contribution in [0.5, 0.6) is 0 Å². The van der Waals surface area contributed by atoms with E-state index >= 15 is 0 Å². The summed E-state index contributed by atoms with van der Waals surface area (Å²) in [7, 11) is 2.18. The van der Waals surface area contributed by atoms with Crippen molar-refractivity contribution in [3.05, 3.63) is 72.6 Å². The maximum atomic E-state index is 12.8. The van der Waals surface area contributed by atoms with E-state index in [9.17, 15) is 4.79 Å². The van der Waals surface area contributed by atoms with Crippen LogP contribution in [-0.4, -0.2) is 77.0 Å². The van der Waals surface area contributed by atoms with Crippen LogP contribution in [0.2, 0.25) is 0 Å². The van der Waals surface area contributed by atoms with E-state index in [-0.39, 0.29) is 5.91 Å². The number of likely N-dealkylation sites (N-methyl/N-ethyl adjacent to an activating group) is 1. The van der Waals surface area contributed by atoms with E-state index < -0.39 is 0 Å². The van der Waals surface area contributed by atoms with Crippen molar-refractivity contribution in [1.82, 2.24) is 24.8 Å². The molecule has 2 aliphatic heterocycles. The molecule has 8 heteroatoms. The second-order valence-corrected chi connectivity index (χ2v) is 9.95. The number of carbonyl (C=O) groups excluding carboxylic acids is 1. The minimum Gasteiger partial charge on any atom is -0.456 e. The first-order valence-electron chi connectivity index (χ1n) is 13.0. The fourth-order valence-corrected chi connectivity index (χ4v) is 5.19. The minimum absolute atomic E-state index is 0.146. The summed E-state index contributed by atoms with van der Waals surface area (Å²) in [5.74, 6) is 1.03. The number of hydrogen-bond donors (Lipinski definition) is 0. The van der Waals surface area contributed by atoms with Crippen LogP contribution in [-0.2, 0) is 11.3 Å². The van der Waals surface area contributed by atoms with E-state index in [0.29, 0.717) is 19.5 Å². The van der Waals surface area contributed by atoms with E-state index in [1.165, 1.54) is 11.3 Å². The first kappa shape index (κ1) is 23.5. The highest BCUT2D eigenvalue weighted by Crippen LogP contribution is 2.33. The number of piperazine rings is 1. The maximum Gasteiger partial charge on any atom is 0.224 e. The molecule has 2 aliphatic rings. The lowest BCUT2D eigenvalue weighted by Gasteiger charge is -2.34. The summed E-state index contributed by atoms with van der Waals surface area (Å²) in [6, 6.07) is 17.1. The van der Waals surface area contributed by atoms with Gasteiger partial charge in [-0.15, -0.1) is 5.10 Å². The zero-order valence-corrected chi connectivity index (χ0v) is 21.2. The smallest absolute Gasteiger partial charge is 0.224 e. The molecule has 0 radical (unpaired) electrons. The van der Waals surface area contributed by atoms with Crippen molar-refractivity contribution in [3.63, 3.8) is 0 Å². The quantitative estimate of drug-likeness (QED) is 0.400. The molecule has 6 rings (SSSR count). The number of carbonyl (C=O) groups is 1. The molecule has 1 saturated heterocycles. The zero-order chi connectivity index (χ0) is 25.2. The maximum absolute atomic E-state index is 12.8. The van der Waals surface area contributed by atoms with Gasteiger partial charge in [0.25, 0.3) is 0 Å². The Kier molecular flexibility index (Phi) is 6.49. The van der Waals surface area contributed by atoms with Crippen LogP contribution in [0.3, 0.4) is 0 Å². The molecule has 8 nitrogen and oxygen atoms in total. The van der Waals surface area contributed by atoms with Gasteiger partial charge in [-0.25, -0.2) is 0 Å². The molecular formula is C29H32N6O2. The van der Waals surface area contributed by atoms with Gasteiger partial charge in [0.05, 0.1) is 12.7 Å². The Morgan fingerprint density at radius 1 is 1.00 bits per heavy atom. The molecule has 0 spiro atoms. The van der Waals surface area contributed by atoms with Crippen LogP contribution in [0, 0.1) is 0 Å². The van der Waals surface area contributed by atoms with Crippen LogP contribution >= 0.6 is 0 Å². The fraction of sp³-hybridized carbons (Fsp3) is 0.345. The SMILES string of the molecule is CN1CCN(c2cccc(-c3cc4cc(C5=CCCN(C(=O)CCn6ccnn6)C5)ccc4o3)c2)CC1. The van der Waals surface area contributed by atoms with Gasteiger partial charge in [-0.1, -0.05) is 29.5 Å². The summed E-state index contributed by atoms with van der Waals surface area (Å²) in [4.78, 5) is 19.6. The van der Waals surface area contributed by atoms with Crippen molar-refractivity contribution in [2.45, 2.75) is 19.4 Å². The monoisotopic (exact) mass is 496 g/mol. The highest BCUT2D eigenvalue weighted by molar-refractivity contribution is 5.88. The number of rotatable bonds is 6. The van der Waals surface area contributed by atoms with Gasteiger partial charge in [0.1, 0.15) is 11.3 Å². The summed E-state index contributed by atoms with van der Waals surface area (Å²) >= 11 is 0. The highest BCUT2D eigenvalue weighted by atomic mass is 16.3. The minimum atomic E-state index is 0.146. The van der Waals surface area contributed by atoms with Gasteiger partial charge in [-0.3, -0.25) is 9.48 Å². The average molecular weight is 497 g/mol. The Balaban J connectivity index is 1.17. The van der Waals surface area contributed by atoms with Crippen molar-refractivity contribution in [3.8, 4) is 11.3 Å². The number of amides is 1. The number of aromatic nitrogens is 3. The molecule has 2 aromatic heterocycles. The van der Waals surface area contributed by atoms with Crippen LogP contribution < -0.4 is 4.90 Å². The third-order valence-electron chi connectivity index (χ3n) is 7.42. The molecule has 0 unspecified atom stereocenters. The lowest BCUT2D eigenvalue weighted by atomic mass is 9.99. The number of benzene rings is 2. The molecule has 4 aromatic rings. The molecule has 0 atom stereocenters. The predicted molar refractivity (Wildman–Crippen MR) is 145 cm³/mol. The third-order valence-corrected chi connectivity index (χ3v) is 7.42. The Morgan fingerprint density at radius 2 is 1.89 bits per heavy atom. The van der Waals surface area contributed by atoms with Crippen molar-refractivity contribution in [1.29, 1.82) is 0 Å². The molecule has 0 N–H and O–H groups in total. The van der Waals surface area contributed by atoms with Crippen molar-refractivity contribution < 1.29 is 9.21 Å². The first-order valence-corrected chi connectivity index (χ1v) is 13.0. The second kappa shape index (κ2) is 10.2. The number of anilines is 1. The Labute approximate surface area is 216 Å². The largest absolute Gasteiger partial charge is 0.456 e. The van der Waals surface area contributed by atoms with Crippen LogP contribution in [0.1, 0.15) is 18.4 Å².